The number of methoxy groups -OCH3 is 2. The third-order valence-electron chi connectivity index (χ3n) is 3.60. The second-order valence-corrected chi connectivity index (χ2v) is 5.41. The number of aromatic nitrogens is 3. The Morgan fingerprint density at radius 1 is 1.25 bits per heavy atom. The van der Waals surface area contributed by atoms with Gasteiger partial charge in [-0.15, -0.1) is 4.98 Å². The predicted molar refractivity (Wildman–Crippen MR) is 74.0 cm³/mol. The topological polar surface area (TPSA) is 89.4 Å². The Labute approximate surface area is 118 Å². The molecule has 1 aromatic heterocycles. The summed E-state index contributed by atoms with van der Waals surface area (Å²) in [6.45, 7) is 2.58. The van der Waals surface area contributed by atoms with Gasteiger partial charge in [0, 0.05) is 6.54 Å². The second-order valence-electron chi connectivity index (χ2n) is 5.41. The van der Waals surface area contributed by atoms with Gasteiger partial charge in [-0.2, -0.15) is 9.97 Å². The number of hydrogen-bond donors (Lipinski definition) is 2. The molecule has 2 rings (SSSR count). The van der Waals surface area contributed by atoms with Gasteiger partial charge in [-0.3, -0.25) is 0 Å². The molecule has 1 saturated carbocycles. The van der Waals surface area contributed by atoms with Crippen LogP contribution in [0.15, 0.2) is 0 Å². The Balaban J connectivity index is 2.02. The van der Waals surface area contributed by atoms with Crippen molar-refractivity contribution in [3.05, 3.63) is 0 Å². The molecule has 1 heterocycles. The molecule has 0 aliphatic heterocycles. The number of hydrogen-bond acceptors (Lipinski definition) is 7. The molecule has 7 nitrogen and oxygen atoms in total. The standard InChI is InChI=1S/C13H22N4O3/c1-9-5-4-6-13(18,7-9)8-14-10-15-11(19-2)17-12(16-10)20-3/h9,18H,4-8H2,1-3H3,(H,14,15,16,17). The summed E-state index contributed by atoms with van der Waals surface area (Å²) >= 11 is 0. The molecule has 0 bridgehead atoms. The summed E-state index contributed by atoms with van der Waals surface area (Å²) in [5, 5.41) is 13.6. The third kappa shape index (κ3) is 3.69. The molecule has 1 aliphatic carbocycles. The molecule has 0 radical (unpaired) electrons. The van der Waals surface area contributed by atoms with Crippen molar-refractivity contribution in [3.8, 4) is 12.0 Å². The highest BCUT2D eigenvalue weighted by Gasteiger charge is 2.32. The van der Waals surface area contributed by atoms with Gasteiger partial charge in [-0.25, -0.2) is 0 Å². The average molecular weight is 282 g/mol. The highest BCUT2D eigenvalue weighted by molar-refractivity contribution is 5.28. The lowest BCUT2D eigenvalue weighted by Gasteiger charge is -2.35. The number of rotatable bonds is 5. The van der Waals surface area contributed by atoms with Crippen molar-refractivity contribution in [2.45, 2.75) is 38.2 Å². The molecule has 1 fully saturated rings. The van der Waals surface area contributed by atoms with Gasteiger partial charge in [0.1, 0.15) is 0 Å². The van der Waals surface area contributed by atoms with E-state index in [2.05, 4.69) is 27.2 Å². The monoisotopic (exact) mass is 282 g/mol. The fourth-order valence-electron chi connectivity index (χ4n) is 2.64. The molecule has 2 atom stereocenters. The lowest BCUT2D eigenvalue weighted by atomic mass is 9.79. The molecule has 1 aliphatic rings. The Hall–Kier alpha value is -1.63. The minimum Gasteiger partial charge on any atom is -0.467 e. The fraction of sp³-hybridized carbons (Fsp3) is 0.769. The lowest BCUT2D eigenvalue weighted by Crippen LogP contribution is -2.41. The summed E-state index contributed by atoms with van der Waals surface area (Å²) in [4.78, 5) is 12.1. The minimum atomic E-state index is -0.704. The van der Waals surface area contributed by atoms with E-state index in [4.69, 9.17) is 9.47 Å². The molecule has 2 unspecified atom stereocenters. The molecule has 0 aromatic carbocycles. The van der Waals surface area contributed by atoms with Gasteiger partial charge in [0.25, 0.3) is 0 Å². The van der Waals surface area contributed by atoms with Crippen LogP contribution >= 0.6 is 0 Å². The van der Waals surface area contributed by atoms with Gasteiger partial charge in [-0.05, 0) is 18.8 Å². The predicted octanol–water partition coefficient (Wildman–Crippen LogP) is 1.24. The molecule has 1 aromatic rings. The molecular weight excluding hydrogens is 260 g/mol. The number of nitrogens with one attached hydrogen (secondary N) is 1. The van der Waals surface area contributed by atoms with Crippen molar-refractivity contribution in [1.82, 2.24) is 15.0 Å². The Kier molecular flexibility index (Phi) is 4.59. The summed E-state index contributed by atoms with van der Waals surface area (Å²) in [5.74, 6) is 0.887. The fourth-order valence-corrected chi connectivity index (χ4v) is 2.64. The van der Waals surface area contributed by atoms with Gasteiger partial charge in [0.05, 0.1) is 19.8 Å². The van der Waals surface area contributed by atoms with Crippen molar-refractivity contribution in [2.24, 2.45) is 5.92 Å². The Morgan fingerprint density at radius 3 is 2.45 bits per heavy atom. The molecule has 112 valence electrons. The minimum absolute atomic E-state index is 0.184. The van der Waals surface area contributed by atoms with E-state index in [0.717, 1.165) is 19.3 Å². The molecule has 0 spiro atoms. The van der Waals surface area contributed by atoms with E-state index in [1.807, 2.05) is 0 Å². The maximum absolute atomic E-state index is 10.6. The van der Waals surface area contributed by atoms with E-state index >= 15 is 0 Å². The molecule has 0 amide bonds. The van der Waals surface area contributed by atoms with Crippen LogP contribution in [0.1, 0.15) is 32.6 Å². The highest BCUT2D eigenvalue weighted by Crippen LogP contribution is 2.32. The number of ether oxygens (including phenoxy) is 2. The van der Waals surface area contributed by atoms with Gasteiger partial charge >= 0.3 is 12.0 Å². The quantitative estimate of drug-likeness (QED) is 0.839. The smallest absolute Gasteiger partial charge is 0.324 e. The van der Waals surface area contributed by atoms with E-state index < -0.39 is 5.60 Å². The van der Waals surface area contributed by atoms with Gasteiger partial charge in [0.2, 0.25) is 5.95 Å². The van der Waals surface area contributed by atoms with Crippen LogP contribution in [-0.4, -0.2) is 46.4 Å². The number of aliphatic hydroxyl groups is 1. The van der Waals surface area contributed by atoms with E-state index in [-0.39, 0.29) is 12.0 Å². The molecule has 0 saturated heterocycles. The van der Waals surface area contributed by atoms with Crippen LogP contribution in [0.2, 0.25) is 0 Å². The Morgan fingerprint density at radius 2 is 1.90 bits per heavy atom. The SMILES string of the molecule is COc1nc(NCC2(O)CCCC(C)C2)nc(OC)n1. The average Bonchev–Trinajstić information content (AvgIpc) is 2.44. The van der Waals surface area contributed by atoms with Gasteiger partial charge in [0.15, 0.2) is 0 Å². The van der Waals surface area contributed by atoms with Crippen LogP contribution in [-0.2, 0) is 0 Å². The van der Waals surface area contributed by atoms with Crippen molar-refractivity contribution >= 4 is 5.95 Å². The van der Waals surface area contributed by atoms with Crippen LogP contribution in [0.5, 0.6) is 12.0 Å². The van der Waals surface area contributed by atoms with E-state index in [1.54, 1.807) is 0 Å². The first-order valence-corrected chi connectivity index (χ1v) is 6.85. The van der Waals surface area contributed by atoms with Crippen LogP contribution < -0.4 is 14.8 Å². The summed E-state index contributed by atoms with van der Waals surface area (Å²) in [6, 6.07) is 0.367. The van der Waals surface area contributed by atoms with Crippen LogP contribution in [0.25, 0.3) is 0 Å². The highest BCUT2D eigenvalue weighted by atomic mass is 16.5. The third-order valence-corrected chi connectivity index (χ3v) is 3.60. The van der Waals surface area contributed by atoms with Crippen LogP contribution in [0, 0.1) is 5.92 Å². The zero-order valence-electron chi connectivity index (χ0n) is 12.2. The normalized spacial score (nSPS) is 26.1. The van der Waals surface area contributed by atoms with Crippen molar-refractivity contribution in [2.75, 3.05) is 26.1 Å². The first-order chi connectivity index (χ1) is 9.54. The molecule has 7 heteroatoms. The maximum atomic E-state index is 10.6. The molecule has 20 heavy (non-hydrogen) atoms. The first kappa shape index (κ1) is 14.8. The van der Waals surface area contributed by atoms with Crippen LogP contribution in [0.3, 0.4) is 0 Å². The molecule has 2 N–H and O–H groups in total. The number of anilines is 1. The largest absolute Gasteiger partial charge is 0.467 e. The van der Waals surface area contributed by atoms with Crippen molar-refractivity contribution < 1.29 is 14.6 Å². The lowest BCUT2D eigenvalue weighted by molar-refractivity contribution is -0.000926. The zero-order valence-corrected chi connectivity index (χ0v) is 12.2. The van der Waals surface area contributed by atoms with Crippen LogP contribution in [0.4, 0.5) is 5.95 Å². The maximum Gasteiger partial charge on any atom is 0.324 e. The van der Waals surface area contributed by atoms with E-state index in [9.17, 15) is 5.11 Å². The summed E-state index contributed by atoms with van der Waals surface area (Å²) in [7, 11) is 2.96. The van der Waals surface area contributed by atoms with E-state index in [1.165, 1.54) is 20.6 Å². The molecular formula is C13H22N4O3. The Bertz CT molecular complexity index is 435. The second kappa shape index (κ2) is 6.21. The summed E-state index contributed by atoms with van der Waals surface area (Å²) in [6.07, 6.45) is 3.81. The van der Waals surface area contributed by atoms with Crippen molar-refractivity contribution in [1.29, 1.82) is 0 Å². The van der Waals surface area contributed by atoms with E-state index in [0.29, 0.717) is 18.4 Å². The zero-order chi connectivity index (χ0) is 14.6. The summed E-state index contributed by atoms with van der Waals surface area (Å²) in [5.41, 5.74) is -0.704. The van der Waals surface area contributed by atoms with Gasteiger partial charge in [-0.1, -0.05) is 19.8 Å². The van der Waals surface area contributed by atoms with Gasteiger partial charge < -0.3 is 19.9 Å². The van der Waals surface area contributed by atoms with Crippen molar-refractivity contribution in [3.63, 3.8) is 0 Å². The first-order valence-electron chi connectivity index (χ1n) is 6.85. The summed E-state index contributed by atoms with van der Waals surface area (Å²) < 4.78 is 9.97. The number of nitrogens with zero attached hydrogens (tertiary/aromatic N) is 3.